The van der Waals surface area contributed by atoms with Crippen molar-refractivity contribution in [1.29, 1.82) is 0 Å². The van der Waals surface area contributed by atoms with Crippen molar-refractivity contribution < 1.29 is 40.7 Å². The fraction of sp³-hybridized carbons (Fsp3) is 0.429. The van der Waals surface area contributed by atoms with E-state index >= 15 is 0 Å². The van der Waals surface area contributed by atoms with Gasteiger partial charge in [0.2, 0.25) is 23.9 Å². The van der Waals surface area contributed by atoms with Gasteiger partial charge in [-0.25, -0.2) is 18.2 Å². The van der Waals surface area contributed by atoms with Crippen molar-refractivity contribution in [2.45, 2.75) is 57.3 Å². The Hall–Kier alpha value is -3.90. The van der Waals surface area contributed by atoms with Crippen molar-refractivity contribution in [2.75, 3.05) is 5.32 Å². The molecular formula is C28H28F6N4O3. The summed E-state index contributed by atoms with van der Waals surface area (Å²) in [7, 11) is 0. The number of amides is 3. The number of carbonyl (C=O) groups excluding carboxylic acids is 3. The Kier molecular flexibility index (Phi) is 8.46. The quantitative estimate of drug-likeness (QED) is 0.367. The Morgan fingerprint density at radius 1 is 1.15 bits per heavy atom. The summed E-state index contributed by atoms with van der Waals surface area (Å²) in [5.41, 5.74) is 7.22. The number of nitrogens with two attached hydrogens (primary N) is 1. The van der Waals surface area contributed by atoms with E-state index in [1.54, 1.807) is 31.2 Å². The van der Waals surface area contributed by atoms with Crippen molar-refractivity contribution >= 4 is 29.1 Å². The molecule has 0 bridgehead atoms. The molecule has 13 heteroatoms. The summed E-state index contributed by atoms with van der Waals surface area (Å²) in [6.45, 7) is 1.71. The molecule has 1 aliphatic carbocycles. The fourth-order valence-electron chi connectivity index (χ4n) is 5.31. The minimum absolute atomic E-state index is 0.144. The molecule has 7 nitrogen and oxygen atoms in total. The highest BCUT2D eigenvalue weighted by molar-refractivity contribution is 6.20. The van der Waals surface area contributed by atoms with Gasteiger partial charge in [0, 0.05) is 42.2 Å². The molecule has 0 aromatic heterocycles. The number of nitrogens with zero attached hydrogens (tertiary/aromatic N) is 1. The highest BCUT2D eigenvalue weighted by atomic mass is 19.4. The average Bonchev–Trinajstić information content (AvgIpc) is 2.98. The summed E-state index contributed by atoms with van der Waals surface area (Å²) in [6, 6.07) is 10.4. The zero-order valence-corrected chi connectivity index (χ0v) is 21.9. The van der Waals surface area contributed by atoms with Gasteiger partial charge in [-0.1, -0.05) is 30.3 Å². The van der Waals surface area contributed by atoms with Crippen LogP contribution in [0, 0.1) is 30.5 Å². The molecule has 1 fully saturated rings. The lowest BCUT2D eigenvalue weighted by molar-refractivity contribution is -0.149. The van der Waals surface area contributed by atoms with E-state index in [4.69, 9.17) is 5.73 Å². The number of nitrogens with one attached hydrogen (secondary N) is 2. The van der Waals surface area contributed by atoms with E-state index in [1.165, 1.54) is 18.2 Å². The third-order valence-electron chi connectivity index (χ3n) is 7.35. The van der Waals surface area contributed by atoms with Crippen molar-refractivity contribution in [1.82, 2.24) is 5.32 Å². The number of primary amides is 1. The second kappa shape index (κ2) is 11.5. The number of aliphatic imine (C=N–C) groups is 1. The van der Waals surface area contributed by atoms with Gasteiger partial charge in [-0.15, -0.1) is 0 Å². The average molecular weight is 583 g/mol. The van der Waals surface area contributed by atoms with E-state index in [0.29, 0.717) is 16.8 Å². The highest BCUT2D eigenvalue weighted by Gasteiger charge is 2.48. The number of hydrogen-bond donors (Lipinski definition) is 3. The predicted molar refractivity (Wildman–Crippen MR) is 138 cm³/mol. The van der Waals surface area contributed by atoms with Gasteiger partial charge in [0.1, 0.15) is 5.82 Å². The topological polar surface area (TPSA) is 114 Å². The van der Waals surface area contributed by atoms with E-state index in [9.17, 15) is 40.7 Å². The Morgan fingerprint density at radius 2 is 1.83 bits per heavy atom. The zero-order chi connectivity index (χ0) is 30.1. The van der Waals surface area contributed by atoms with Crippen LogP contribution in [0.4, 0.5) is 32.0 Å². The lowest BCUT2D eigenvalue weighted by Crippen LogP contribution is -2.49. The second-order valence-electron chi connectivity index (χ2n) is 10.5. The van der Waals surface area contributed by atoms with Crippen LogP contribution in [0.3, 0.4) is 0 Å². The van der Waals surface area contributed by atoms with Gasteiger partial charge in [0.15, 0.2) is 0 Å². The molecular weight excluding hydrogens is 554 g/mol. The lowest BCUT2D eigenvalue weighted by Gasteiger charge is -2.38. The van der Waals surface area contributed by atoms with Crippen LogP contribution in [0.25, 0.3) is 0 Å². The molecule has 1 heterocycles. The molecule has 2 aromatic carbocycles. The first-order chi connectivity index (χ1) is 19.1. The van der Waals surface area contributed by atoms with Crippen LogP contribution in [0.1, 0.15) is 48.8 Å². The first-order valence-corrected chi connectivity index (χ1v) is 12.9. The second-order valence-corrected chi connectivity index (χ2v) is 10.5. The third-order valence-corrected chi connectivity index (χ3v) is 7.35. The molecule has 2 aromatic rings. The molecule has 0 saturated heterocycles. The fourth-order valence-corrected chi connectivity index (χ4v) is 5.31. The summed E-state index contributed by atoms with van der Waals surface area (Å²) < 4.78 is 80.2. The molecule has 1 saturated carbocycles. The Labute approximate surface area is 231 Å². The molecule has 3 atom stereocenters. The minimum Gasteiger partial charge on any atom is -0.369 e. The van der Waals surface area contributed by atoms with Crippen LogP contribution in [-0.4, -0.2) is 41.7 Å². The molecule has 220 valence electrons. The number of para-hydroxylation sites is 1. The number of rotatable bonds is 9. The Balaban J connectivity index is 1.69. The normalized spacial score (nSPS) is 20.0. The van der Waals surface area contributed by atoms with Crippen molar-refractivity contribution in [3.63, 3.8) is 0 Å². The molecule has 41 heavy (non-hydrogen) atoms. The van der Waals surface area contributed by atoms with Crippen LogP contribution in [0.15, 0.2) is 47.5 Å². The maximum Gasteiger partial charge on any atom is 0.389 e. The molecule has 0 spiro atoms. The number of carbonyl (C=O) groups is 3. The molecule has 0 radical (unpaired) electrons. The third kappa shape index (κ3) is 7.25. The number of benzene rings is 2. The van der Waals surface area contributed by atoms with E-state index in [-0.39, 0.29) is 17.7 Å². The van der Waals surface area contributed by atoms with Crippen LogP contribution in [-0.2, 0) is 14.4 Å². The summed E-state index contributed by atoms with van der Waals surface area (Å²) in [4.78, 5) is 43.4. The van der Waals surface area contributed by atoms with E-state index in [0.717, 1.165) is 0 Å². The standard InChI is InChI=1S/C28H28F6N4O3/c1-14-4-2-7-19-21(14)37-26(41)24(36-22(19)16-5-3-6-17(29)11-16)38-25(40)20(10-15-12-27(30,31)13-15)18(23(35)39)8-9-28(32,33)34/h2-7,11,15,18,20,24H,8-10,12-13H2,1H3,(H2,35,39)(H,37,41)(H,38,40)/t18-,20+,24-/m1/s1. The largest absolute Gasteiger partial charge is 0.389 e. The van der Waals surface area contributed by atoms with Crippen molar-refractivity contribution in [3.8, 4) is 0 Å². The molecule has 4 N–H and O–H groups in total. The summed E-state index contributed by atoms with van der Waals surface area (Å²) in [6.07, 6.45) is -10.1. The van der Waals surface area contributed by atoms with Gasteiger partial charge < -0.3 is 16.4 Å². The Morgan fingerprint density at radius 3 is 2.44 bits per heavy atom. The molecule has 4 rings (SSSR count). The maximum atomic E-state index is 14.1. The van der Waals surface area contributed by atoms with Crippen LogP contribution in [0.2, 0.25) is 0 Å². The van der Waals surface area contributed by atoms with Gasteiger partial charge in [-0.3, -0.25) is 14.4 Å². The highest BCUT2D eigenvalue weighted by Crippen LogP contribution is 2.46. The molecule has 1 aliphatic heterocycles. The van der Waals surface area contributed by atoms with Gasteiger partial charge in [-0.05, 0) is 43.4 Å². The van der Waals surface area contributed by atoms with Crippen LogP contribution < -0.4 is 16.4 Å². The SMILES string of the molecule is Cc1cccc2c1NC(=O)[C@@H](NC(=O)[C@@H](CC1CC(F)(F)C1)[C@@H](CCC(F)(F)F)C(N)=O)N=C2c1cccc(F)c1. The van der Waals surface area contributed by atoms with Gasteiger partial charge in [-0.2, -0.15) is 13.2 Å². The van der Waals surface area contributed by atoms with Crippen molar-refractivity contribution in [3.05, 3.63) is 65.0 Å². The number of halogens is 6. The van der Waals surface area contributed by atoms with E-state index in [1.807, 2.05) is 0 Å². The molecule has 0 unspecified atom stereocenters. The lowest BCUT2D eigenvalue weighted by atomic mass is 9.72. The van der Waals surface area contributed by atoms with Crippen molar-refractivity contribution in [2.24, 2.45) is 28.5 Å². The summed E-state index contributed by atoms with van der Waals surface area (Å²) in [5, 5.41) is 5.04. The number of benzodiazepines with no additional fused rings is 1. The zero-order valence-electron chi connectivity index (χ0n) is 21.9. The number of anilines is 1. The van der Waals surface area contributed by atoms with Gasteiger partial charge in [0.25, 0.3) is 5.91 Å². The first-order valence-electron chi connectivity index (χ1n) is 12.9. The molecule has 2 aliphatic rings. The van der Waals surface area contributed by atoms with E-state index in [2.05, 4.69) is 15.6 Å². The minimum atomic E-state index is -4.66. The number of hydrogen-bond acceptors (Lipinski definition) is 4. The van der Waals surface area contributed by atoms with E-state index < -0.39 is 85.2 Å². The number of aryl methyl sites for hydroxylation is 1. The van der Waals surface area contributed by atoms with Gasteiger partial charge >= 0.3 is 6.18 Å². The first kappa shape index (κ1) is 30.1. The monoisotopic (exact) mass is 582 g/mol. The number of alkyl halides is 5. The predicted octanol–water partition coefficient (Wildman–Crippen LogP) is 4.86. The summed E-state index contributed by atoms with van der Waals surface area (Å²) in [5.74, 6) is -10.5. The van der Waals surface area contributed by atoms with Crippen LogP contribution >= 0.6 is 0 Å². The molecule has 3 amide bonds. The number of fused-ring (bicyclic) bond motifs is 1. The maximum absolute atomic E-state index is 14.1. The smallest absolute Gasteiger partial charge is 0.369 e. The van der Waals surface area contributed by atoms with Crippen LogP contribution in [0.5, 0.6) is 0 Å². The summed E-state index contributed by atoms with van der Waals surface area (Å²) >= 11 is 0. The van der Waals surface area contributed by atoms with Gasteiger partial charge in [0.05, 0.1) is 11.4 Å². The Bertz CT molecular complexity index is 1370.